The van der Waals surface area contributed by atoms with Crippen LogP contribution in [0.2, 0.25) is 0 Å². The van der Waals surface area contributed by atoms with Gasteiger partial charge in [0.2, 0.25) is 0 Å². The summed E-state index contributed by atoms with van der Waals surface area (Å²) in [6.07, 6.45) is 4.45. The number of benzene rings is 1. The van der Waals surface area contributed by atoms with E-state index in [1.807, 2.05) is 20.8 Å². The first-order chi connectivity index (χ1) is 10.4. The van der Waals surface area contributed by atoms with Crippen LogP contribution in [-0.2, 0) is 24.1 Å². The molecule has 1 aromatic carbocycles. The Morgan fingerprint density at radius 3 is 2.68 bits per heavy atom. The van der Waals surface area contributed by atoms with E-state index in [0.29, 0.717) is 19.7 Å². The number of carbonyl (C=O) groups is 1. The number of hydrogen-bond donors (Lipinski definition) is 0. The van der Waals surface area contributed by atoms with E-state index < -0.39 is 5.60 Å². The smallest absolute Gasteiger partial charge is 0.410 e. The SMILES string of the molecule is CC(C)(C)OC(=O)N1CCOc2c(ccc3c2CCCC3)C1. The fraction of sp³-hybridized carbons (Fsp3) is 0.611. The van der Waals surface area contributed by atoms with Crippen molar-refractivity contribution in [1.29, 1.82) is 0 Å². The summed E-state index contributed by atoms with van der Waals surface area (Å²) in [5.41, 5.74) is 3.40. The molecular weight excluding hydrogens is 278 g/mol. The van der Waals surface area contributed by atoms with Crippen molar-refractivity contribution in [1.82, 2.24) is 4.90 Å². The number of aryl methyl sites for hydroxylation is 1. The number of carbonyl (C=O) groups excluding carboxylic acids is 1. The molecule has 22 heavy (non-hydrogen) atoms. The van der Waals surface area contributed by atoms with Gasteiger partial charge in [0.15, 0.2) is 0 Å². The Kier molecular flexibility index (Phi) is 4.02. The van der Waals surface area contributed by atoms with Gasteiger partial charge in [0.05, 0.1) is 13.1 Å². The van der Waals surface area contributed by atoms with Gasteiger partial charge < -0.3 is 14.4 Å². The molecule has 1 aliphatic carbocycles. The van der Waals surface area contributed by atoms with Gasteiger partial charge in [-0.15, -0.1) is 0 Å². The molecule has 0 N–H and O–H groups in total. The van der Waals surface area contributed by atoms with Gasteiger partial charge in [-0.1, -0.05) is 12.1 Å². The number of nitrogens with zero attached hydrogens (tertiary/aromatic N) is 1. The second-order valence-corrected chi connectivity index (χ2v) is 7.15. The summed E-state index contributed by atoms with van der Waals surface area (Å²) in [5.74, 6) is 1.02. The highest BCUT2D eigenvalue weighted by Crippen LogP contribution is 2.35. The van der Waals surface area contributed by atoms with Crippen LogP contribution < -0.4 is 4.74 Å². The van der Waals surface area contributed by atoms with Crippen molar-refractivity contribution >= 4 is 6.09 Å². The monoisotopic (exact) mass is 303 g/mol. The Labute approximate surface area is 132 Å². The van der Waals surface area contributed by atoms with Crippen molar-refractivity contribution in [2.75, 3.05) is 13.2 Å². The second kappa shape index (κ2) is 5.82. The Bertz CT molecular complexity index is 574. The quantitative estimate of drug-likeness (QED) is 0.733. The third-order valence-corrected chi connectivity index (χ3v) is 4.18. The van der Waals surface area contributed by atoms with Crippen LogP contribution in [0, 0.1) is 0 Å². The average Bonchev–Trinajstić information content (AvgIpc) is 2.68. The van der Waals surface area contributed by atoms with E-state index in [2.05, 4.69) is 12.1 Å². The standard InChI is InChI=1S/C18H25NO3/c1-18(2,3)22-17(20)19-10-11-21-16-14(12-19)9-8-13-6-4-5-7-15(13)16/h8-9H,4-7,10-12H2,1-3H3. The average molecular weight is 303 g/mol. The lowest BCUT2D eigenvalue weighted by Gasteiger charge is -2.26. The lowest BCUT2D eigenvalue weighted by atomic mass is 9.89. The zero-order valence-electron chi connectivity index (χ0n) is 13.8. The Morgan fingerprint density at radius 2 is 1.91 bits per heavy atom. The van der Waals surface area contributed by atoms with Gasteiger partial charge in [-0.25, -0.2) is 4.79 Å². The molecule has 4 nitrogen and oxygen atoms in total. The molecule has 1 aliphatic heterocycles. The number of amides is 1. The number of hydrogen-bond acceptors (Lipinski definition) is 3. The maximum absolute atomic E-state index is 12.3. The topological polar surface area (TPSA) is 38.8 Å². The van der Waals surface area contributed by atoms with Crippen LogP contribution in [0.25, 0.3) is 0 Å². The van der Waals surface area contributed by atoms with Crippen LogP contribution >= 0.6 is 0 Å². The van der Waals surface area contributed by atoms with E-state index in [9.17, 15) is 4.79 Å². The first-order valence-electron chi connectivity index (χ1n) is 8.18. The normalized spacial score (nSPS) is 17.9. The van der Waals surface area contributed by atoms with Crippen molar-refractivity contribution in [2.45, 2.75) is 58.6 Å². The minimum atomic E-state index is -0.469. The molecule has 0 spiro atoms. The molecule has 4 heteroatoms. The van der Waals surface area contributed by atoms with Gasteiger partial charge in [-0.05, 0) is 57.6 Å². The van der Waals surface area contributed by atoms with E-state index >= 15 is 0 Å². The molecule has 2 aliphatic rings. The van der Waals surface area contributed by atoms with E-state index in [4.69, 9.17) is 9.47 Å². The van der Waals surface area contributed by atoms with Crippen LogP contribution in [0.3, 0.4) is 0 Å². The summed E-state index contributed by atoms with van der Waals surface area (Å²) in [7, 11) is 0. The minimum Gasteiger partial charge on any atom is -0.491 e. The molecule has 0 radical (unpaired) electrons. The molecule has 0 aromatic heterocycles. The van der Waals surface area contributed by atoms with Gasteiger partial charge >= 0.3 is 6.09 Å². The fourth-order valence-electron chi connectivity index (χ4n) is 3.17. The van der Waals surface area contributed by atoms with Crippen LogP contribution in [0.4, 0.5) is 4.79 Å². The van der Waals surface area contributed by atoms with E-state index in [0.717, 1.165) is 24.2 Å². The van der Waals surface area contributed by atoms with Gasteiger partial charge in [-0.2, -0.15) is 0 Å². The molecule has 0 unspecified atom stereocenters. The lowest BCUT2D eigenvalue weighted by molar-refractivity contribution is 0.0225. The molecule has 0 saturated heterocycles. The summed E-state index contributed by atoms with van der Waals surface area (Å²) < 4.78 is 11.5. The van der Waals surface area contributed by atoms with E-state index in [1.165, 1.54) is 24.0 Å². The van der Waals surface area contributed by atoms with Gasteiger partial charge in [0.1, 0.15) is 18.0 Å². The number of rotatable bonds is 0. The highest BCUT2D eigenvalue weighted by Gasteiger charge is 2.27. The predicted octanol–water partition coefficient (Wildman–Crippen LogP) is 3.69. The lowest BCUT2D eigenvalue weighted by Crippen LogP contribution is -2.37. The van der Waals surface area contributed by atoms with Crippen LogP contribution in [0.5, 0.6) is 5.75 Å². The van der Waals surface area contributed by atoms with Crippen LogP contribution in [0.15, 0.2) is 12.1 Å². The molecule has 0 atom stereocenters. The molecule has 0 saturated carbocycles. The Morgan fingerprint density at radius 1 is 1.18 bits per heavy atom. The van der Waals surface area contributed by atoms with E-state index in [-0.39, 0.29) is 6.09 Å². The first-order valence-corrected chi connectivity index (χ1v) is 8.18. The summed E-state index contributed by atoms with van der Waals surface area (Å²) in [5, 5.41) is 0. The molecule has 1 heterocycles. The maximum atomic E-state index is 12.3. The third kappa shape index (κ3) is 3.21. The maximum Gasteiger partial charge on any atom is 0.410 e. The van der Waals surface area contributed by atoms with Crippen LogP contribution in [0.1, 0.15) is 50.3 Å². The Balaban J connectivity index is 1.83. The van der Waals surface area contributed by atoms with Crippen molar-refractivity contribution < 1.29 is 14.3 Å². The molecular formula is C18H25NO3. The Hall–Kier alpha value is -1.71. The van der Waals surface area contributed by atoms with Crippen molar-refractivity contribution in [3.8, 4) is 5.75 Å². The number of fused-ring (bicyclic) bond motifs is 3. The summed E-state index contributed by atoms with van der Waals surface area (Å²) >= 11 is 0. The molecule has 120 valence electrons. The second-order valence-electron chi connectivity index (χ2n) is 7.15. The number of ether oxygens (including phenoxy) is 2. The largest absolute Gasteiger partial charge is 0.491 e. The van der Waals surface area contributed by atoms with E-state index in [1.54, 1.807) is 4.90 Å². The highest BCUT2D eigenvalue weighted by molar-refractivity contribution is 5.68. The zero-order chi connectivity index (χ0) is 15.7. The summed E-state index contributed by atoms with van der Waals surface area (Å²) in [6.45, 7) is 7.34. The molecule has 1 amide bonds. The molecule has 0 fully saturated rings. The minimum absolute atomic E-state index is 0.262. The van der Waals surface area contributed by atoms with Gasteiger partial charge in [0, 0.05) is 5.56 Å². The highest BCUT2D eigenvalue weighted by atomic mass is 16.6. The molecule has 0 bridgehead atoms. The molecule has 3 rings (SSSR count). The fourth-order valence-corrected chi connectivity index (χ4v) is 3.17. The zero-order valence-corrected chi connectivity index (χ0v) is 13.8. The van der Waals surface area contributed by atoms with Crippen molar-refractivity contribution in [3.05, 3.63) is 28.8 Å². The first kappa shape index (κ1) is 15.2. The predicted molar refractivity (Wildman–Crippen MR) is 85.2 cm³/mol. The van der Waals surface area contributed by atoms with Crippen LogP contribution in [-0.4, -0.2) is 29.7 Å². The third-order valence-electron chi connectivity index (χ3n) is 4.18. The van der Waals surface area contributed by atoms with Crippen molar-refractivity contribution in [3.63, 3.8) is 0 Å². The van der Waals surface area contributed by atoms with Gasteiger partial charge in [-0.3, -0.25) is 0 Å². The summed E-state index contributed by atoms with van der Waals surface area (Å²) in [6, 6.07) is 4.32. The summed E-state index contributed by atoms with van der Waals surface area (Å²) in [4.78, 5) is 14.1. The molecule has 1 aromatic rings. The van der Waals surface area contributed by atoms with Crippen molar-refractivity contribution in [2.24, 2.45) is 0 Å². The van der Waals surface area contributed by atoms with Gasteiger partial charge in [0.25, 0.3) is 0 Å².